The second kappa shape index (κ2) is 12.2. The van der Waals surface area contributed by atoms with Gasteiger partial charge in [-0.15, -0.1) is 0 Å². The molecular formula is C26H38F3N3O2. The van der Waals surface area contributed by atoms with E-state index in [9.17, 15) is 23.1 Å². The summed E-state index contributed by atoms with van der Waals surface area (Å²) in [6.45, 7) is 13.7. The van der Waals surface area contributed by atoms with E-state index in [-0.39, 0.29) is 29.9 Å². The molecule has 2 aromatic carbocycles. The number of β-amino-alcohol motifs (C(OH)–C–C–N with tert-alkyl or cyclic N) is 1. The molecule has 34 heavy (non-hydrogen) atoms. The monoisotopic (exact) mass is 481 g/mol. The van der Waals surface area contributed by atoms with Gasteiger partial charge >= 0.3 is 0 Å². The van der Waals surface area contributed by atoms with E-state index in [2.05, 4.69) is 26.1 Å². The third-order valence-electron chi connectivity index (χ3n) is 4.95. The van der Waals surface area contributed by atoms with Crippen LogP contribution in [-0.4, -0.2) is 40.1 Å². The molecule has 8 heteroatoms. The highest BCUT2D eigenvalue weighted by molar-refractivity contribution is 6.01. The van der Waals surface area contributed by atoms with Crippen molar-refractivity contribution >= 4 is 17.3 Å². The normalized spacial score (nSPS) is 14.2. The number of hydrogen-bond donors (Lipinski definition) is 3. The fraction of sp³-hybridized carbons (Fsp3) is 0.500. The smallest absolute Gasteiger partial charge is 0.256 e. The Kier molecular flexibility index (Phi) is 10.6. The lowest BCUT2D eigenvalue weighted by atomic mass is 9.95. The molecule has 0 unspecified atom stereocenters. The van der Waals surface area contributed by atoms with E-state index >= 15 is 0 Å². The van der Waals surface area contributed by atoms with Crippen molar-refractivity contribution in [1.29, 1.82) is 0 Å². The van der Waals surface area contributed by atoms with Crippen molar-refractivity contribution < 1.29 is 23.1 Å². The number of aliphatic hydroxyl groups is 1. The summed E-state index contributed by atoms with van der Waals surface area (Å²) in [6.07, 6.45) is 2.30. The molecule has 1 aliphatic rings. The minimum atomic E-state index is -1.27. The molecule has 0 atom stereocenters. The number of nitrogens with one attached hydrogen (secondary N) is 1. The average molecular weight is 482 g/mol. The number of nitrogens with two attached hydrogens (primary N) is 1. The lowest BCUT2D eigenvalue weighted by molar-refractivity contribution is -0.0668. The zero-order chi connectivity index (χ0) is 26.3. The van der Waals surface area contributed by atoms with E-state index in [0.29, 0.717) is 5.56 Å². The first-order valence-corrected chi connectivity index (χ1v) is 11.6. The van der Waals surface area contributed by atoms with Gasteiger partial charge in [-0.3, -0.25) is 4.79 Å². The predicted octanol–water partition coefficient (Wildman–Crippen LogP) is 5.91. The van der Waals surface area contributed by atoms with Crippen molar-refractivity contribution in [3.8, 4) is 0 Å². The highest BCUT2D eigenvalue weighted by atomic mass is 19.2. The van der Waals surface area contributed by atoms with Gasteiger partial charge in [0.2, 0.25) is 0 Å². The summed E-state index contributed by atoms with van der Waals surface area (Å²) in [5.41, 5.74) is 4.74. The van der Waals surface area contributed by atoms with Crippen LogP contribution in [0.25, 0.3) is 0 Å². The third-order valence-corrected chi connectivity index (χ3v) is 4.95. The maximum atomic E-state index is 14.3. The highest BCUT2D eigenvalue weighted by Gasteiger charge is 2.40. The number of halogens is 3. The van der Waals surface area contributed by atoms with Gasteiger partial charge < -0.3 is 21.1 Å². The fourth-order valence-electron chi connectivity index (χ4n) is 3.44. The number of carbonyl (C=O) groups is 1. The van der Waals surface area contributed by atoms with Crippen LogP contribution in [0, 0.1) is 24.4 Å². The van der Waals surface area contributed by atoms with E-state index in [1.807, 2.05) is 13.8 Å². The van der Waals surface area contributed by atoms with Crippen LogP contribution in [0.2, 0.25) is 0 Å². The van der Waals surface area contributed by atoms with E-state index in [4.69, 9.17) is 5.73 Å². The Morgan fingerprint density at radius 1 is 1.15 bits per heavy atom. The Labute approximate surface area is 201 Å². The second-order valence-electron chi connectivity index (χ2n) is 9.29. The standard InChI is InChI=1S/C18H17F3N2O2.C6H15N.C2H6/c1-10-3-6-14(13(20)7-10)22-16-11(4-5-12(19)15(16)21)17(24)23-8-18(2,25)9-23;1-4-5-6(2,3)7;1-2/h3-7,22,25H,8-9H2,1-2H3;4-5,7H2,1-3H3;1-2H3. The molecule has 0 aromatic heterocycles. The first kappa shape index (κ1) is 29.5. The van der Waals surface area contributed by atoms with Crippen molar-refractivity contribution in [3.05, 3.63) is 58.9 Å². The molecule has 1 amide bonds. The average Bonchev–Trinajstić information content (AvgIpc) is 2.72. The number of nitrogens with zero attached hydrogens (tertiary/aromatic N) is 1. The van der Waals surface area contributed by atoms with Gasteiger partial charge in [-0.2, -0.15) is 0 Å². The summed E-state index contributed by atoms with van der Waals surface area (Å²) in [5.74, 6) is -3.63. The van der Waals surface area contributed by atoms with E-state index in [1.165, 1.54) is 23.5 Å². The summed E-state index contributed by atoms with van der Waals surface area (Å²) in [6, 6.07) is 6.22. The van der Waals surface area contributed by atoms with E-state index in [1.54, 1.807) is 19.9 Å². The quantitative estimate of drug-likeness (QED) is 0.496. The lowest BCUT2D eigenvalue weighted by Gasteiger charge is -2.44. The molecule has 5 nitrogen and oxygen atoms in total. The fourth-order valence-corrected chi connectivity index (χ4v) is 3.44. The Morgan fingerprint density at radius 3 is 2.18 bits per heavy atom. The SMILES string of the molecule is CC.CCCC(C)(C)N.Cc1ccc(Nc2c(C(=O)N3CC(C)(O)C3)ccc(F)c2F)c(F)c1. The van der Waals surface area contributed by atoms with Crippen LogP contribution < -0.4 is 11.1 Å². The summed E-state index contributed by atoms with van der Waals surface area (Å²) in [7, 11) is 0. The third kappa shape index (κ3) is 8.33. The van der Waals surface area contributed by atoms with Gasteiger partial charge in [0, 0.05) is 5.54 Å². The molecule has 3 rings (SSSR count). The van der Waals surface area contributed by atoms with Crippen molar-refractivity contribution in [2.75, 3.05) is 18.4 Å². The lowest BCUT2D eigenvalue weighted by Crippen LogP contribution is -2.61. The van der Waals surface area contributed by atoms with Gasteiger partial charge in [-0.25, -0.2) is 13.2 Å². The largest absolute Gasteiger partial charge is 0.386 e. The van der Waals surface area contributed by atoms with Gasteiger partial charge in [-0.1, -0.05) is 33.3 Å². The molecular weight excluding hydrogens is 443 g/mol. The van der Waals surface area contributed by atoms with E-state index in [0.717, 1.165) is 18.6 Å². The molecule has 1 heterocycles. The number of benzene rings is 2. The molecule has 0 saturated carbocycles. The van der Waals surface area contributed by atoms with Crippen molar-refractivity contribution in [2.24, 2.45) is 5.73 Å². The molecule has 1 aliphatic heterocycles. The van der Waals surface area contributed by atoms with Crippen LogP contribution in [0.5, 0.6) is 0 Å². The van der Waals surface area contributed by atoms with Crippen LogP contribution in [0.4, 0.5) is 24.5 Å². The molecule has 2 aromatic rings. The Morgan fingerprint density at radius 2 is 1.74 bits per heavy atom. The first-order chi connectivity index (χ1) is 15.7. The zero-order valence-electron chi connectivity index (χ0n) is 21.2. The molecule has 1 saturated heterocycles. The Bertz CT molecular complexity index is 964. The minimum Gasteiger partial charge on any atom is -0.386 e. The molecule has 0 spiro atoms. The summed E-state index contributed by atoms with van der Waals surface area (Å²) < 4.78 is 41.9. The summed E-state index contributed by atoms with van der Waals surface area (Å²) in [4.78, 5) is 13.8. The maximum absolute atomic E-state index is 14.3. The number of carbonyl (C=O) groups excluding carboxylic acids is 1. The van der Waals surface area contributed by atoms with E-state index < -0.39 is 34.6 Å². The van der Waals surface area contributed by atoms with Crippen molar-refractivity contribution in [2.45, 2.75) is 72.4 Å². The molecule has 4 N–H and O–H groups in total. The van der Waals surface area contributed by atoms with Crippen LogP contribution in [0.3, 0.4) is 0 Å². The topological polar surface area (TPSA) is 78.6 Å². The highest BCUT2D eigenvalue weighted by Crippen LogP contribution is 2.31. The zero-order valence-corrected chi connectivity index (χ0v) is 21.2. The number of amides is 1. The van der Waals surface area contributed by atoms with Gasteiger partial charge in [0.05, 0.1) is 35.6 Å². The number of likely N-dealkylation sites (tertiary alicyclic amines) is 1. The summed E-state index contributed by atoms with van der Waals surface area (Å²) in [5, 5.41) is 12.2. The van der Waals surface area contributed by atoms with Crippen LogP contribution >= 0.6 is 0 Å². The molecule has 0 radical (unpaired) electrons. The van der Waals surface area contributed by atoms with Gasteiger partial charge in [0.25, 0.3) is 5.91 Å². The Hall–Kier alpha value is -2.58. The van der Waals surface area contributed by atoms with Crippen LogP contribution in [0.15, 0.2) is 30.3 Å². The number of rotatable bonds is 5. The Balaban J connectivity index is 0.000000553. The van der Waals surface area contributed by atoms with Gasteiger partial charge in [0.1, 0.15) is 5.82 Å². The number of hydrogen-bond acceptors (Lipinski definition) is 4. The van der Waals surface area contributed by atoms with Gasteiger partial charge in [0.15, 0.2) is 11.6 Å². The first-order valence-electron chi connectivity index (χ1n) is 11.6. The molecule has 1 fully saturated rings. The number of anilines is 2. The van der Waals surface area contributed by atoms with Crippen LogP contribution in [-0.2, 0) is 0 Å². The minimum absolute atomic E-state index is 0.0503. The van der Waals surface area contributed by atoms with Crippen LogP contribution in [0.1, 0.15) is 70.3 Å². The maximum Gasteiger partial charge on any atom is 0.256 e. The second-order valence-corrected chi connectivity index (χ2v) is 9.29. The molecule has 0 bridgehead atoms. The van der Waals surface area contributed by atoms with Crippen molar-refractivity contribution in [3.63, 3.8) is 0 Å². The van der Waals surface area contributed by atoms with Gasteiger partial charge in [-0.05, 0) is 63.9 Å². The molecule has 0 aliphatic carbocycles. The molecule has 190 valence electrons. The predicted molar refractivity (Wildman–Crippen MR) is 132 cm³/mol. The van der Waals surface area contributed by atoms with Crippen molar-refractivity contribution in [1.82, 2.24) is 4.90 Å². The summed E-state index contributed by atoms with van der Waals surface area (Å²) >= 11 is 0. The number of aryl methyl sites for hydroxylation is 1.